The van der Waals surface area contributed by atoms with E-state index in [9.17, 15) is 4.79 Å². The van der Waals surface area contributed by atoms with Crippen LogP contribution in [-0.2, 0) is 19.0 Å². The number of carbonyl (C=O) groups is 1. The highest BCUT2D eigenvalue weighted by Gasteiger charge is 2.20. The van der Waals surface area contributed by atoms with E-state index in [1.165, 1.54) is 0 Å². The average molecular weight is 228 g/mol. The minimum atomic E-state index is 0.0963. The van der Waals surface area contributed by atoms with Gasteiger partial charge in [0.25, 0.3) is 0 Å². The third-order valence-electron chi connectivity index (χ3n) is 3.21. The third kappa shape index (κ3) is 3.85. The highest BCUT2D eigenvalue weighted by Crippen LogP contribution is 2.21. The number of ketones is 1. The largest absolute Gasteiger partial charge is 0.378 e. The highest BCUT2D eigenvalue weighted by molar-refractivity contribution is 5.78. The Hall–Kier alpha value is -0.450. The van der Waals surface area contributed by atoms with Crippen molar-refractivity contribution in [1.29, 1.82) is 0 Å². The van der Waals surface area contributed by atoms with Gasteiger partial charge in [-0.15, -0.1) is 0 Å². The fourth-order valence-corrected chi connectivity index (χ4v) is 2.17. The second-order valence-corrected chi connectivity index (χ2v) is 4.59. The number of Topliss-reactive ketones (excluding diaryl/α,β-unsaturated/α-hetero) is 1. The predicted molar refractivity (Wildman–Crippen MR) is 58.3 cm³/mol. The lowest BCUT2D eigenvalue weighted by molar-refractivity contribution is -0.124. The van der Waals surface area contributed by atoms with Crippen LogP contribution < -0.4 is 0 Å². The van der Waals surface area contributed by atoms with E-state index in [-0.39, 0.29) is 6.10 Å². The molecule has 1 atom stereocenters. The van der Waals surface area contributed by atoms with Crippen LogP contribution in [0.4, 0.5) is 0 Å². The Morgan fingerprint density at radius 3 is 2.69 bits per heavy atom. The minimum Gasteiger partial charge on any atom is -0.378 e. The van der Waals surface area contributed by atoms with Crippen molar-refractivity contribution in [3.63, 3.8) is 0 Å². The molecule has 0 aromatic rings. The van der Waals surface area contributed by atoms with Gasteiger partial charge in [0, 0.05) is 19.4 Å². The van der Waals surface area contributed by atoms with Gasteiger partial charge in [-0.25, -0.2) is 0 Å². The molecule has 1 heterocycles. The molecule has 1 aliphatic heterocycles. The Balaban J connectivity index is 1.55. The molecule has 0 amide bonds. The molecule has 16 heavy (non-hydrogen) atoms. The van der Waals surface area contributed by atoms with Crippen molar-refractivity contribution in [2.75, 3.05) is 33.0 Å². The molecule has 0 aromatic carbocycles. The third-order valence-corrected chi connectivity index (χ3v) is 3.21. The van der Waals surface area contributed by atoms with Crippen molar-refractivity contribution < 1.29 is 19.0 Å². The molecule has 1 saturated carbocycles. The summed E-state index contributed by atoms with van der Waals surface area (Å²) in [5.41, 5.74) is 0. The van der Waals surface area contributed by atoms with Gasteiger partial charge in [0.2, 0.25) is 0 Å². The molecule has 0 spiro atoms. The molecule has 0 radical (unpaired) electrons. The monoisotopic (exact) mass is 228 g/mol. The van der Waals surface area contributed by atoms with Gasteiger partial charge in [0.05, 0.1) is 26.4 Å². The van der Waals surface area contributed by atoms with Crippen molar-refractivity contribution in [1.82, 2.24) is 0 Å². The van der Waals surface area contributed by atoms with Crippen molar-refractivity contribution in [3.8, 4) is 0 Å². The van der Waals surface area contributed by atoms with Gasteiger partial charge in [-0.2, -0.15) is 0 Å². The SMILES string of the molecule is O=C1CCC(COCC2COCCO2)CC1. The zero-order valence-corrected chi connectivity index (χ0v) is 9.65. The molecular formula is C12H20O4. The Kier molecular flexibility index (Phi) is 4.75. The standard InChI is InChI=1S/C12H20O4/c13-11-3-1-10(2-4-11)7-15-9-12-8-14-5-6-16-12/h10,12H,1-9H2. The first kappa shape index (κ1) is 12.0. The Morgan fingerprint density at radius 1 is 1.19 bits per heavy atom. The Labute approximate surface area is 96.2 Å². The summed E-state index contributed by atoms with van der Waals surface area (Å²) in [4.78, 5) is 11.1. The second kappa shape index (κ2) is 6.33. The van der Waals surface area contributed by atoms with Crippen LogP contribution in [0.3, 0.4) is 0 Å². The fraction of sp³-hybridized carbons (Fsp3) is 0.917. The molecular weight excluding hydrogens is 208 g/mol. The van der Waals surface area contributed by atoms with E-state index in [2.05, 4.69) is 0 Å². The van der Waals surface area contributed by atoms with Crippen LogP contribution in [-0.4, -0.2) is 44.9 Å². The molecule has 2 fully saturated rings. The van der Waals surface area contributed by atoms with Crippen LogP contribution in [0.5, 0.6) is 0 Å². The van der Waals surface area contributed by atoms with Gasteiger partial charge in [-0.1, -0.05) is 0 Å². The van der Waals surface area contributed by atoms with Gasteiger partial charge in [0.15, 0.2) is 0 Å². The predicted octanol–water partition coefficient (Wildman–Crippen LogP) is 1.18. The van der Waals surface area contributed by atoms with Gasteiger partial charge in [-0.05, 0) is 18.8 Å². The smallest absolute Gasteiger partial charge is 0.132 e. The quantitative estimate of drug-likeness (QED) is 0.724. The van der Waals surface area contributed by atoms with E-state index in [1.807, 2.05) is 0 Å². The van der Waals surface area contributed by atoms with Crippen LogP contribution in [0.1, 0.15) is 25.7 Å². The Bertz CT molecular complexity index is 213. The molecule has 4 heteroatoms. The number of carbonyl (C=O) groups excluding carboxylic acids is 1. The van der Waals surface area contributed by atoms with Crippen molar-refractivity contribution in [2.24, 2.45) is 5.92 Å². The van der Waals surface area contributed by atoms with E-state index < -0.39 is 0 Å². The molecule has 2 rings (SSSR count). The van der Waals surface area contributed by atoms with E-state index in [1.54, 1.807) is 0 Å². The lowest BCUT2D eigenvalue weighted by atomic mass is 9.89. The van der Waals surface area contributed by atoms with E-state index in [0.29, 0.717) is 38.1 Å². The molecule has 1 aliphatic carbocycles. The van der Waals surface area contributed by atoms with Crippen LogP contribution in [0, 0.1) is 5.92 Å². The lowest BCUT2D eigenvalue weighted by Gasteiger charge is -2.25. The zero-order chi connectivity index (χ0) is 11.2. The summed E-state index contributed by atoms with van der Waals surface area (Å²) < 4.78 is 16.4. The van der Waals surface area contributed by atoms with E-state index in [0.717, 1.165) is 32.3 Å². The molecule has 1 saturated heterocycles. The van der Waals surface area contributed by atoms with Gasteiger partial charge in [0.1, 0.15) is 11.9 Å². The number of hydrogen-bond acceptors (Lipinski definition) is 4. The summed E-state index contributed by atoms with van der Waals surface area (Å²) in [7, 11) is 0. The second-order valence-electron chi connectivity index (χ2n) is 4.59. The maximum Gasteiger partial charge on any atom is 0.132 e. The van der Waals surface area contributed by atoms with Crippen molar-refractivity contribution >= 4 is 5.78 Å². The molecule has 2 aliphatic rings. The molecule has 4 nitrogen and oxygen atoms in total. The van der Waals surface area contributed by atoms with E-state index >= 15 is 0 Å². The molecule has 0 aromatic heterocycles. The summed E-state index contributed by atoms with van der Waals surface area (Å²) in [5.74, 6) is 0.961. The maximum absolute atomic E-state index is 11.1. The fourth-order valence-electron chi connectivity index (χ4n) is 2.17. The van der Waals surface area contributed by atoms with Crippen LogP contribution in [0.15, 0.2) is 0 Å². The normalized spacial score (nSPS) is 28.2. The van der Waals surface area contributed by atoms with Crippen LogP contribution in [0.25, 0.3) is 0 Å². The molecule has 0 bridgehead atoms. The number of hydrogen-bond donors (Lipinski definition) is 0. The molecule has 0 N–H and O–H groups in total. The summed E-state index contributed by atoms with van der Waals surface area (Å²) >= 11 is 0. The maximum atomic E-state index is 11.1. The lowest BCUT2D eigenvalue weighted by Crippen LogP contribution is -2.33. The molecule has 92 valence electrons. The number of ether oxygens (including phenoxy) is 3. The average Bonchev–Trinajstić information content (AvgIpc) is 2.33. The topological polar surface area (TPSA) is 44.8 Å². The van der Waals surface area contributed by atoms with Gasteiger partial charge in [-0.3, -0.25) is 4.79 Å². The number of rotatable bonds is 4. The Morgan fingerprint density at radius 2 is 2.00 bits per heavy atom. The zero-order valence-electron chi connectivity index (χ0n) is 9.65. The van der Waals surface area contributed by atoms with Crippen molar-refractivity contribution in [3.05, 3.63) is 0 Å². The first-order chi connectivity index (χ1) is 7.84. The highest BCUT2D eigenvalue weighted by atomic mass is 16.6. The van der Waals surface area contributed by atoms with Crippen LogP contribution in [0.2, 0.25) is 0 Å². The summed E-state index contributed by atoms with van der Waals surface area (Å²) in [6, 6.07) is 0. The summed E-state index contributed by atoms with van der Waals surface area (Å²) in [6.45, 7) is 3.38. The first-order valence-electron chi connectivity index (χ1n) is 6.13. The minimum absolute atomic E-state index is 0.0963. The van der Waals surface area contributed by atoms with Gasteiger partial charge < -0.3 is 14.2 Å². The van der Waals surface area contributed by atoms with E-state index in [4.69, 9.17) is 14.2 Å². The van der Waals surface area contributed by atoms with Gasteiger partial charge >= 0.3 is 0 Å². The molecule has 1 unspecified atom stereocenters. The summed E-state index contributed by atoms with van der Waals surface area (Å²) in [6.07, 6.45) is 3.54. The first-order valence-corrected chi connectivity index (χ1v) is 6.13. The van der Waals surface area contributed by atoms with Crippen LogP contribution >= 0.6 is 0 Å². The summed E-state index contributed by atoms with van der Waals surface area (Å²) in [5, 5.41) is 0. The van der Waals surface area contributed by atoms with Crippen molar-refractivity contribution in [2.45, 2.75) is 31.8 Å².